The average molecular weight is 368 g/mol. The van der Waals surface area contributed by atoms with E-state index in [4.69, 9.17) is 0 Å². The zero-order valence-corrected chi connectivity index (χ0v) is 15.4. The molecule has 1 N–H and O–H groups in total. The molecular weight excluding hydrogens is 346 g/mol. The van der Waals surface area contributed by atoms with E-state index in [0.29, 0.717) is 30.1 Å². The van der Waals surface area contributed by atoms with Crippen molar-refractivity contribution in [1.82, 2.24) is 9.88 Å². The quantitative estimate of drug-likeness (QED) is 0.812. The van der Waals surface area contributed by atoms with Gasteiger partial charge in [0.15, 0.2) is 0 Å². The number of halogens is 2. The molecule has 0 aliphatic carbocycles. The number of benzene rings is 1. The number of thiazole rings is 1. The van der Waals surface area contributed by atoms with Crippen molar-refractivity contribution >= 4 is 17.2 Å². The smallest absolute Gasteiger partial charge is 0.222 e. The summed E-state index contributed by atoms with van der Waals surface area (Å²) < 4.78 is 26.7. The summed E-state index contributed by atoms with van der Waals surface area (Å²) in [7, 11) is 1.67. The van der Waals surface area contributed by atoms with Gasteiger partial charge in [-0.2, -0.15) is 0 Å². The van der Waals surface area contributed by atoms with Crippen molar-refractivity contribution in [2.75, 3.05) is 7.05 Å². The number of aliphatic hydroxyl groups is 1. The first kappa shape index (κ1) is 19.5. The zero-order chi connectivity index (χ0) is 18.6. The molecule has 0 aliphatic rings. The Balaban J connectivity index is 1.84. The maximum atomic E-state index is 13.5. The third kappa shape index (κ3) is 5.57. The van der Waals surface area contributed by atoms with Crippen LogP contribution in [0.25, 0.3) is 0 Å². The van der Waals surface area contributed by atoms with Crippen LogP contribution < -0.4 is 0 Å². The van der Waals surface area contributed by atoms with Crippen LogP contribution in [-0.4, -0.2) is 27.9 Å². The van der Waals surface area contributed by atoms with E-state index in [1.807, 2.05) is 5.38 Å². The lowest BCUT2D eigenvalue weighted by atomic mass is 10.1. The van der Waals surface area contributed by atoms with Crippen molar-refractivity contribution in [2.24, 2.45) is 0 Å². The van der Waals surface area contributed by atoms with E-state index in [1.54, 1.807) is 25.8 Å². The van der Waals surface area contributed by atoms with Gasteiger partial charge in [0.25, 0.3) is 0 Å². The predicted molar refractivity (Wildman–Crippen MR) is 93.1 cm³/mol. The molecule has 7 heteroatoms. The van der Waals surface area contributed by atoms with Gasteiger partial charge in [-0.15, -0.1) is 11.3 Å². The van der Waals surface area contributed by atoms with E-state index >= 15 is 0 Å². The molecule has 0 unspecified atom stereocenters. The molecule has 0 fully saturated rings. The van der Waals surface area contributed by atoms with Crippen LogP contribution in [0.5, 0.6) is 0 Å². The molecular formula is C18H22F2N2O2S. The van der Waals surface area contributed by atoms with Crippen LogP contribution in [-0.2, 0) is 23.4 Å². The van der Waals surface area contributed by atoms with Crippen LogP contribution >= 0.6 is 11.3 Å². The first-order chi connectivity index (χ1) is 11.7. The van der Waals surface area contributed by atoms with E-state index in [0.717, 1.165) is 18.2 Å². The molecule has 136 valence electrons. The monoisotopic (exact) mass is 368 g/mol. The lowest BCUT2D eigenvalue weighted by molar-refractivity contribution is -0.130. The van der Waals surface area contributed by atoms with E-state index in [2.05, 4.69) is 4.98 Å². The SMILES string of the molecule is CN(Cc1csc(C(C)(C)O)n1)C(=O)CCCc1cc(F)ccc1F. The molecule has 0 atom stereocenters. The van der Waals surface area contributed by atoms with Gasteiger partial charge in [-0.3, -0.25) is 4.79 Å². The topological polar surface area (TPSA) is 53.4 Å². The number of carbonyl (C=O) groups is 1. The number of hydrogen-bond donors (Lipinski definition) is 1. The van der Waals surface area contributed by atoms with Gasteiger partial charge in [0.05, 0.1) is 12.2 Å². The van der Waals surface area contributed by atoms with Crippen LogP contribution in [0.4, 0.5) is 8.78 Å². The van der Waals surface area contributed by atoms with Crippen LogP contribution in [0, 0.1) is 11.6 Å². The van der Waals surface area contributed by atoms with Crippen LogP contribution in [0.1, 0.15) is 43.0 Å². The lowest BCUT2D eigenvalue weighted by Crippen LogP contribution is -2.26. The molecule has 25 heavy (non-hydrogen) atoms. The Morgan fingerprint density at radius 1 is 1.36 bits per heavy atom. The molecule has 0 spiro atoms. The number of aryl methyl sites for hydroxylation is 1. The number of nitrogens with zero attached hydrogens (tertiary/aromatic N) is 2. The maximum absolute atomic E-state index is 13.5. The highest BCUT2D eigenvalue weighted by Crippen LogP contribution is 2.24. The number of hydrogen-bond acceptors (Lipinski definition) is 4. The third-order valence-corrected chi connectivity index (χ3v) is 4.95. The van der Waals surface area contributed by atoms with Gasteiger partial charge in [-0.05, 0) is 50.5 Å². The van der Waals surface area contributed by atoms with Gasteiger partial charge < -0.3 is 10.0 Å². The highest BCUT2D eigenvalue weighted by Gasteiger charge is 2.21. The van der Waals surface area contributed by atoms with Crippen molar-refractivity contribution in [3.05, 3.63) is 51.5 Å². The summed E-state index contributed by atoms with van der Waals surface area (Å²) in [6.07, 6.45) is 0.993. The summed E-state index contributed by atoms with van der Waals surface area (Å²) >= 11 is 1.35. The maximum Gasteiger partial charge on any atom is 0.222 e. The van der Waals surface area contributed by atoms with E-state index in [-0.39, 0.29) is 17.9 Å². The summed E-state index contributed by atoms with van der Waals surface area (Å²) in [6, 6.07) is 3.34. The van der Waals surface area contributed by atoms with Crippen molar-refractivity contribution in [2.45, 2.75) is 45.3 Å². The van der Waals surface area contributed by atoms with Gasteiger partial charge in [0.2, 0.25) is 5.91 Å². The molecule has 2 rings (SSSR count). The fraction of sp³-hybridized carbons (Fsp3) is 0.444. The minimum Gasteiger partial charge on any atom is -0.383 e. The van der Waals surface area contributed by atoms with Crippen LogP contribution in [0.3, 0.4) is 0 Å². The number of aromatic nitrogens is 1. The molecule has 0 aliphatic heterocycles. The minimum atomic E-state index is -0.999. The van der Waals surface area contributed by atoms with Gasteiger partial charge >= 0.3 is 0 Å². The summed E-state index contributed by atoms with van der Waals surface area (Å²) in [4.78, 5) is 18.1. The standard InChI is InChI=1S/C18H22F2N2O2S/c1-18(2,24)17-21-14(11-25-17)10-22(3)16(23)6-4-5-12-9-13(19)7-8-15(12)20/h7-9,11,24H,4-6,10H2,1-3H3. The largest absolute Gasteiger partial charge is 0.383 e. The summed E-state index contributed by atoms with van der Waals surface area (Å²) in [5.41, 5.74) is -0.000474. The van der Waals surface area contributed by atoms with Crippen LogP contribution in [0.2, 0.25) is 0 Å². The first-order valence-electron chi connectivity index (χ1n) is 8.02. The number of amides is 1. The Bertz CT molecular complexity index is 741. The first-order valence-corrected chi connectivity index (χ1v) is 8.90. The Labute approximate surface area is 150 Å². The van der Waals surface area contributed by atoms with Crippen molar-refractivity contribution < 1.29 is 18.7 Å². The van der Waals surface area contributed by atoms with Crippen molar-refractivity contribution in [3.63, 3.8) is 0 Å². The Morgan fingerprint density at radius 2 is 2.08 bits per heavy atom. The Morgan fingerprint density at radius 3 is 2.72 bits per heavy atom. The second kappa shape index (κ2) is 8.01. The molecule has 1 amide bonds. The molecule has 0 saturated heterocycles. The highest BCUT2D eigenvalue weighted by atomic mass is 32.1. The number of carbonyl (C=O) groups excluding carboxylic acids is 1. The molecule has 1 heterocycles. The molecule has 1 aromatic heterocycles. The minimum absolute atomic E-state index is 0.0883. The zero-order valence-electron chi connectivity index (χ0n) is 14.6. The molecule has 2 aromatic rings. The van der Waals surface area contributed by atoms with Gasteiger partial charge in [-0.1, -0.05) is 0 Å². The highest BCUT2D eigenvalue weighted by molar-refractivity contribution is 7.09. The molecule has 1 aromatic carbocycles. The van der Waals surface area contributed by atoms with E-state index in [9.17, 15) is 18.7 Å². The third-order valence-electron chi connectivity index (χ3n) is 3.74. The molecule has 0 saturated carbocycles. The average Bonchev–Trinajstić information content (AvgIpc) is 2.99. The summed E-state index contributed by atoms with van der Waals surface area (Å²) in [5.74, 6) is -1.02. The van der Waals surface area contributed by atoms with Crippen molar-refractivity contribution in [3.8, 4) is 0 Å². The van der Waals surface area contributed by atoms with Gasteiger partial charge in [0, 0.05) is 18.8 Å². The number of rotatable bonds is 7. The molecule has 4 nitrogen and oxygen atoms in total. The van der Waals surface area contributed by atoms with Crippen LogP contribution in [0.15, 0.2) is 23.6 Å². The van der Waals surface area contributed by atoms with E-state index < -0.39 is 17.2 Å². The predicted octanol–water partition coefficient (Wildman–Crippen LogP) is 3.63. The second-order valence-corrected chi connectivity index (χ2v) is 7.40. The van der Waals surface area contributed by atoms with E-state index in [1.165, 1.54) is 11.3 Å². The fourth-order valence-corrected chi connectivity index (χ4v) is 3.18. The molecule has 0 bridgehead atoms. The summed E-state index contributed by atoms with van der Waals surface area (Å²) in [5, 5.41) is 12.3. The van der Waals surface area contributed by atoms with Gasteiger partial charge in [0.1, 0.15) is 22.2 Å². The Kier molecular flexibility index (Phi) is 6.24. The molecule has 0 radical (unpaired) electrons. The van der Waals surface area contributed by atoms with Crippen molar-refractivity contribution in [1.29, 1.82) is 0 Å². The summed E-state index contributed by atoms with van der Waals surface area (Å²) in [6.45, 7) is 3.67. The Hall–Kier alpha value is -1.86. The lowest BCUT2D eigenvalue weighted by Gasteiger charge is -2.16. The second-order valence-electron chi connectivity index (χ2n) is 6.54. The fourth-order valence-electron chi connectivity index (χ4n) is 2.35. The van der Waals surface area contributed by atoms with Gasteiger partial charge in [-0.25, -0.2) is 13.8 Å². The normalized spacial score (nSPS) is 11.6.